The maximum Gasteiger partial charge on any atom is 0.225 e. The molecule has 6 nitrogen and oxygen atoms in total. The number of aryl methyl sites for hydroxylation is 1. The van der Waals surface area contributed by atoms with Gasteiger partial charge in [0.2, 0.25) is 11.8 Å². The zero-order valence-corrected chi connectivity index (χ0v) is 15.6. The van der Waals surface area contributed by atoms with Crippen molar-refractivity contribution in [3.8, 4) is 0 Å². The highest BCUT2D eigenvalue weighted by atomic mass is 16.2. The summed E-state index contributed by atoms with van der Waals surface area (Å²) in [6, 6.07) is 7.98. The third kappa shape index (κ3) is 4.42. The van der Waals surface area contributed by atoms with E-state index < -0.39 is 0 Å². The van der Waals surface area contributed by atoms with Gasteiger partial charge in [-0.3, -0.25) is 9.59 Å². The molecule has 2 amide bonds. The number of aromatic amines is 1. The van der Waals surface area contributed by atoms with Gasteiger partial charge in [0.1, 0.15) is 5.82 Å². The van der Waals surface area contributed by atoms with Crippen LogP contribution in [-0.2, 0) is 16.0 Å². The van der Waals surface area contributed by atoms with Gasteiger partial charge in [-0.05, 0) is 31.4 Å². The predicted octanol–water partition coefficient (Wildman–Crippen LogP) is 2.51. The lowest BCUT2D eigenvalue weighted by atomic mass is 9.95. The van der Waals surface area contributed by atoms with E-state index in [4.69, 9.17) is 0 Å². The van der Waals surface area contributed by atoms with E-state index in [1.165, 1.54) is 0 Å². The van der Waals surface area contributed by atoms with Crippen molar-refractivity contribution in [2.75, 3.05) is 19.6 Å². The first-order valence-corrected chi connectivity index (χ1v) is 9.54. The number of benzene rings is 1. The first-order chi connectivity index (χ1) is 12.5. The molecule has 0 radical (unpaired) electrons. The van der Waals surface area contributed by atoms with Gasteiger partial charge in [-0.1, -0.05) is 26.0 Å². The second kappa shape index (κ2) is 8.34. The molecule has 6 heteroatoms. The topological polar surface area (TPSA) is 78.1 Å². The lowest BCUT2D eigenvalue weighted by Crippen LogP contribution is -2.44. The van der Waals surface area contributed by atoms with E-state index >= 15 is 0 Å². The van der Waals surface area contributed by atoms with Crippen LogP contribution in [0.25, 0.3) is 11.0 Å². The number of aromatic nitrogens is 2. The quantitative estimate of drug-likeness (QED) is 0.781. The molecule has 0 saturated carbocycles. The molecule has 1 aromatic carbocycles. The normalized spacial score (nSPS) is 15.6. The minimum absolute atomic E-state index is 0.0254. The number of H-pyrrole nitrogens is 1. The van der Waals surface area contributed by atoms with Gasteiger partial charge in [0, 0.05) is 37.9 Å². The summed E-state index contributed by atoms with van der Waals surface area (Å²) in [5.41, 5.74) is 2.03. The number of likely N-dealkylation sites (tertiary alicyclic amines) is 1. The highest BCUT2D eigenvalue weighted by Gasteiger charge is 2.27. The van der Waals surface area contributed by atoms with Crippen molar-refractivity contribution in [2.45, 2.75) is 39.5 Å². The molecule has 1 saturated heterocycles. The Bertz CT molecular complexity index is 727. The van der Waals surface area contributed by atoms with E-state index in [-0.39, 0.29) is 23.7 Å². The number of amides is 2. The molecule has 0 bridgehead atoms. The van der Waals surface area contributed by atoms with Crippen LogP contribution in [0.5, 0.6) is 0 Å². The minimum Gasteiger partial charge on any atom is -0.356 e. The zero-order valence-electron chi connectivity index (χ0n) is 15.6. The van der Waals surface area contributed by atoms with Crippen molar-refractivity contribution in [2.24, 2.45) is 11.8 Å². The Morgan fingerprint density at radius 2 is 2.00 bits per heavy atom. The van der Waals surface area contributed by atoms with Crippen LogP contribution >= 0.6 is 0 Å². The molecular weight excluding hydrogens is 328 g/mol. The standard InChI is InChI=1S/C20H28N4O2/c1-14(2)20(26)24-12-9-15(10-13-24)19(25)21-11-5-8-18-22-16-6-3-4-7-17(16)23-18/h3-4,6-7,14-15H,5,8-13H2,1-2H3,(H,21,25)(H,22,23). The lowest BCUT2D eigenvalue weighted by Gasteiger charge is -2.32. The molecule has 2 N–H and O–H groups in total. The molecule has 140 valence electrons. The SMILES string of the molecule is CC(C)C(=O)N1CCC(C(=O)NCCCc2nc3ccccc3[nH]2)CC1. The molecule has 1 aliphatic rings. The molecule has 3 rings (SSSR count). The summed E-state index contributed by atoms with van der Waals surface area (Å²) in [6.45, 7) is 5.87. The Morgan fingerprint density at radius 1 is 1.27 bits per heavy atom. The van der Waals surface area contributed by atoms with E-state index in [0.29, 0.717) is 19.6 Å². The van der Waals surface area contributed by atoms with Crippen LogP contribution in [0.2, 0.25) is 0 Å². The Morgan fingerprint density at radius 3 is 2.69 bits per heavy atom. The molecular formula is C20H28N4O2. The van der Waals surface area contributed by atoms with Crippen molar-refractivity contribution in [1.82, 2.24) is 20.2 Å². The van der Waals surface area contributed by atoms with Crippen LogP contribution in [0.4, 0.5) is 0 Å². The van der Waals surface area contributed by atoms with Crippen molar-refractivity contribution >= 4 is 22.8 Å². The van der Waals surface area contributed by atoms with Gasteiger partial charge in [-0.15, -0.1) is 0 Å². The summed E-state index contributed by atoms with van der Waals surface area (Å²) in [6.07, 6.45) is 3.19. The fourth-order valence-electron chi connectivity index (χ4n) is 3.46. The summed E-state index contributed by atoms with van der Waals surface area (Å²) in [5, 5.41) is 3.04. The van der Waals surface area contributed by atoms with Crippen LogP contribution in [-0.4, -0.2) is 46.3 Å². The van der Waals surface area contributed by atoms with Crippen molar-refractivity contribution in [1.29, 1.82) is 0 Å². The fourth-order valence-corrected chi connectivity index (χ4v) is 3.46. The largest absolute Gasteiger partial charge is 0.356 e. The monoisotopic (exact) mass is 356 g/mol. The van der Waals surface area contributed by atoms with Crippen LogP contribution in [0.3, 0.4) is 0 Å². The molecule has 0 aliphatic carbocycles. The molecule has 0 spiro atoms. The molecule has 1 aliphatic heterocycles. The molecule has 26 heavy (non-hydrogen) atoms. The second-order valence-corrected chi connectivity index (χ2v) is 7.35. The minimum atomic E-state index is 0.0254. The average Bonchev–Trinajstić information content (AvgIpc) is 3.07. The summed E-state index contributed by atoms with van der Waals surface area (Å²) in [4.78, 5) is 34.1. The summed E-state index contributed by atoms with van der Waals surface area (Å²) < 4.78 is 0. The average molecular weight is 356 g/mol. The van der Waals surface area contributed by atoms with Crippen LogP contribution in [0.15, 0.2) is 24.3 Å². The van der Waals surface area contributed by atoms with Crippen LogP contribution in [0, 0.1) is 11.8 Å². The summed E-state index contributed by atoms with van der Waals surface area (Å²) in [7, 11) is 0. The van der Waals surface area contributed by atoms with Crippen LogP contribution < -0.4 is 5.32 Å². The maximum absolute atomic E-state index is 12.3. The third-order valence-electron chi connectivity index (χ3n) is 5.00. The summed E-state index contributed by atoms with van der Waals surface area (Å²) >= 11 is 0. The smallest absolute Gasteiger partial charge is 0.225 e. The lowest BCUT2D eigenvalue weighted by molar-refractivity contribution is -0.138. The number of carbonyl (C=O) groups is 2. The van der Waals surface area contributed by atoms with Gasteiger partial charge >= 0.3 is 0 Å². The van der Waals surface area contributed by atoms with Gasteiger partial charge < -0.3 is 15.2 Å². The molecule has 0 atom stereocenters. The Labute approximate surface area is 154 Å². The van der Waals surface area contributed by atoms with E-state index in [1.54, 1.807) is 0 Å². The third-order valence-corrected chi connectivity index (χ3v) is 5.00. The number of hydrogen-bond acceptors (Lipinski definition) is 3. The van der Waals surface area contributed by atoms with E-state index in [1.807, 2.05) is 43.0 Å². The van der Waals surface area contributed by atoms with Gasteiger partial charge in [0.25, 0.3) is 0 Å². The maximum atomic E-state index is 12.3. The number of fused-ring (bicyclic) bond motifs is 1. The summed E-state index contributed by atoms with van der Waals surface area (Å²) in [5.74, 6) is 1.32. The number of hydrogen-bond donors (Lipinski definition) is 2. The van der Waals surface area contributed by atoms with Gasteiger partial charge in [-0.25, -0.2) is 4.98 Å². The van der Waals surface area contributed by atoms with Crippen LogP contribution in [0.1, 0.15) is 38.9 Å². The number of carbonyl (C=O) groups excluding carboxylic acids is 2. The zero-order chi connectivity index (χ0) is 18.5. The number of para-hydroxylation sites is 2. The molecule has 0 unspecified atom stereocenters. The number of piperidine rings is 1. The Kier molecular flexibility index (Phi) is 5.91. The molecule has 2 heterocycles. The van der Waals surface area contributed by atoms with E-state index in [0.717, 1.165) is 42.5 Å². The fraction of sp³-hybridized carbons (Fsp3) is 0.550. The van der Waals surface area contributed by atoms with Crippen molar-refractivity contribution in [3.63, 3.8) is 0 Å². The van der Waals surface area contributed by atoms with Gasteiger partial charge in [0.05, 0.1) is 11.0 Å². The van der Waals surface area contributed by atoms with Gasteiger partial charge in [-0.2, -0.15) is 0 Å². The first kappa shape index (κ1) is 18.4. The number of rotatable bonds is 6. The predicted molar refractivity (Wildman–Crippen MR) is 102 cm³/mol. The highest BCUT2D eigenvalue weighted by Crippen LogP contribution is 2.19. The first-order valence-electron chi connectivity index (χ1n) is 9.54. The van der Waals surface area contributed by atoms with E-state index in [9.17, 15) is 9.59 Å². The second-order valence-electron chi connectivity index (χ2n) is 7.35. The van der Waals surface area contributed by atoms with Gasteiger partial charge in [0.15, 0.2) is 0 Å². The number of nitrogens with zero attached hydrogens (tertiary/aromatic N) is 2. The van der Waals surface area contributed by atoms with Crippen molar-refractivity contribution < 1.29 is 9.59 Å². The highest BCUT2D eigenvalue weighted by molar-refractivity contribution is 5.80. The Hall–Kier alpha value is -2.37. The van der Waals surface area contributed by atoms with Crippen molar-refractivity contribution in [3.05, 3.63) is 30.1 Å². The molecule has 2 aromatic rings. The molecule has 1 fully saturated rings. The Balaban J connectivity index is 1.37. The van der Waals surface area contributed by atoms with E-state index in [2.05, 4.69) is 15.3 Å². The molecule has 1 aromatic heterocycles. The number of nitrogens with one attached hydrogen (secondary N) is 2. The number of imidazole rings is 1.